The number of anilines is 1. The molecule has 1 aromatic carbocycles. The molecule has 0 unspecified atom stereocenters. The molecule has 0 aliphatic heterocycles. The van der Waals surface area contributed by atoms with Gasteiger partial charge in [0.25, 0.3) is 0 Å². The maximum Gasteiger partial charge on any atom is 0.229 e. The van der Waals surface area contributed by atoms with E-state index < -0.39 is 0 Å². The van der Waals surface area contributed by atoms with Gasteiger partial charge in [0.2, 0.25) is 5.91 Å². The predicted molar refractivity (Wildman–Crippen MR) is 85.0 cm³/mol. The van der Waals surface area contributed by atoms with Crippen LogP contribution >= 0.6 is 11.3 Å². The van der Waals surface area contributed by atoms with Gasteiger partial charge in [-0.1, -0.05) is 43.7 Å². The minimum absolute atomic E-state index is 0.0693. The Morgan fingerprint density at radius 1 is 1.25 bits per heavy atom. The molecule has 1 amide bonds. The molecule has 20 heavy (non-hydrogen) atoms. The van der Waals surface area contributed by atoms with Gasteiger partial charge >= 0.3 is 0 Å². The van der Waals surface area contributed by atoms with Gasteiger partial charge in [0, 0.05) is 16.9 Å². The second-order valence-corrected chi connectivity index (χ2v) is 5.76. The molecule has 0 spiro atoms. The molecule has 106 valence electrons. The quantitative estimate of drug-likeness (QED) is 0.880. The summed E-state index contributed by atoms with van der Waals surface area (Å²) in [6.45, 7) is 6.13. The van der Waals surface area contributed by atoms with Crippen molar-refractivity contribution in [3.05, 3.63) is 35.2 Å². The molecule has 4 heteroatoms. The fourth-order valence-corrected chi connectivity index (χ4v) is 2.78. The molecule has 0 aliphatic carbocycles. The highest BCUT2D eigenvalue weighted by Crippen LogP contribution is 2.25. The van der Waals surface area contributed by atoms with E-state index in [4.69, 9.17) is 0 Å². The number of hydrogen-bond donors (Lipinski definition) is 1. The van der Waals surface area contributed by atoms with Gasteiger partial charge in [0.15, 0.2) is 5.13 Å². The number of benzene rings is 1. The van der Waals surface area contributed by atoms with Crippen LogP contribution in [0.15, 0.2) is 29.6 Å². The Labute approximate surface area is 124 Å². The van der Waals surface area contributed by atoms with Crippen molar-refractivity contribution in [1.29, 1.82) is 0 Å². The lowest BCUT2D eigenvalue weighted by atomic mass is 10.0. The number of carbonyl (C=O) groups excluding carboxylic acids is 1. The summed E-state index contributed by atoms with van der Waals surface area (Å²) in [5.74, 6) is 0.140. The SMILES string of the molecule is CCC(CC)C(=O)Nc1nc(-c2ccc(C)cc2)cs1. The highest BCUT2D eigenvalue weighted by molar-refractivity contribution is 7.14. The van der Waals surface area contributed by atoms with Crippen LogP contribution in [0.3, 0.4) is 0 Å². The van der Waals surface area contributed by atoms with Crippen molar-refractivity contribution in [2.24, 2.45) is 5.92 Å². The lowest BCUT2D eigenvalue weighted by molar-refractivity contribution is -0.120. The van der Waals surface area contributed by atoms with E-state index in [1.807, 2.05) is 19.2 Å². The summed E-state index contributed by atoms with van der Waals surface area (Å²) in [5.41, 5.74) is 3.22. The number of hydrogen-bond acceptors (Lipinski definition) is 3. The molecule has 1 heterocycles. The monoisotopic (exact) mass is 288 g/mol. The first-order valence-corrected chi connectivity index (χ1v) is 7.85. The Kier molecular flexibility index (Phi) is 4.90. The van der Waals surface area contributed by atoms with E-state index in [2.05, 4.69) is 41.5 Å². The van der Waals surface area contributed by atoms with E-state index in [-0.39, 0.29) is 11.8 Å². The number of nitrogens with one attached hydrogen (secondary N) is 1. The van der Waals surface area contributed by atoms with Gasteiger partial charge in [-0.05, 0) is 19.8 Å². The first-order valence-electron chi connectivity index (χ1n) is 6.97. The fourth-order valence-electron chi connectivity index (χ4n) is 2.05. The third kappa shape index (κ3) is 3.45. The molecule has 2 aromatic rings. The average Bonchev–Trinajstić information content (AvgIpc) is 2.89. The van der Waals surface area contributed by atoms with Crippen LogP contribution in [0, 0.1) is 12.8 Å². The number of nitrogens with zero attached hydrogens (tertiary/aromatic N) is 1. The van der Waals surface area contributed by atoms with Gasteiger partial charge in [0.1, 0.15) is 0 Å². The Bertz CT molecular complexity index is 570. The van der Waals surface area contributed by atoms with Crippen molar-refractivity contribution in [2.45, 2.75) is 33.6 Å². The van der Waals surface area contributed by atoms with Gasteiger partial charge < -0.3 is 5.32 Å². The van der Waals surface area contributed by atoms with Crippen molar-refractivity contribution in [1.82, 2.24) is 4.98 Å². The minimum atomic E-state index is 0.0693. The van der Waals surface area contributed by atoms with E-state index in [0.717, 1.165) is 24.1 Å². The Morgan fingerprint density at radius 3 is 2.50 bits per heavy atom. The van der Waals surface area contributed by atoms with Crippen LogP contribution in [0.25, 0.3) is 11.3 Å². The van der Waals surface area contributed by atoms with Crippen LogP contribution < -0.4 is 5.32 Å². The third-order valence-corrected chi connectivity index (χ3v) is 4.20. The number of thiazole rings is 1. The van der Waals surface area contributed by atoms with E-state index in [9.17, 15) is 4.79 Å². The van der Waals surface area contributed by atoms with Gasteiger partial charge in [0.05, 0.1) is 5.69 Å². The lowest BCUT2D eigenvalue weighted by Crippen LogP contribution is -2.21. The number of rotatable bonds is 5. The molecular weight excluding hydrogens is 268 g/mol. The van der Waals surface area contributed by atoms with Crippen LogP contribution in [0.4, 0.5) is 5.13 Å². The van der Waals surface area contributed by atoms with Crippen molar-refractivity contribution < 1.29 is 4.79 Å². The van der Waals surface area contributed by atoms with Crippen molar-refractivity contribution >= 4 is 22.4 Å². The summed E-state index contributed by atoms with van der Waals surface area (Å²) >= 11 is 1.47. The number of carbonyl (C=O) groups is 1. The molecule has 0 saturated carbocycles. The molecule has 0 saturated heterocycles. The Balaban J connectivity index is 2.09. The molecule has 0 fully saturated rings. The molecule has 0 radical (unpaired) electrons. The molecular formula is C16H20N2OS. The smallest absolute Gasteiger partial charge is 0.229 e. The maximum absolute atomic E-state index is 12.0. The first-order chi connectivity index (χ1) is 9.63. The Hall–Kier alpha value is -1.68. The molecule has 0 aliphatic rings. The van der Waals surface area contributed by atoms with Crippen molar-refractivity contribution in [3.63, 3.8) is 0 Å². The summed E-state index contributed by atoms with van der Waals surface area (Å²) in [6.07, 6.45) is 1.72. The lowest BCUT2D eigenvalue weighted by Gasteiger charge is -2.10. The average molecular weight is 288 g/mol. The zero-order chi connectivity index (χ0) is 14.5. The second-order valence-electron chi connectivity index (χ2n) is 4.91. The fraction of sp³-hybridized carbons (Fsp3) is 0.375. The summed E-state index contributed by atoms with van der Waals surface area (Å²) in [4.78, 5) is 16.5. The van der Waals surface area contributed by atoms with Gasteiger partial charge in [-0.25, -0.2) is 4.98 Å². The number of aromatic nitrogens is 1. The van der Waals surface area contributed by atoms with Gasteiger partial charge in [-0.3, -0.25) is 4.79 Å². The van der Waals surface area contributed by atoms with E-state index in [1.165, 1.54) is 16.9 Å². The third-order valence-electron chi connectivity index (χ3n) is 3.44. The van der Waals surface area contributed by atoms with Crippen molar-refractivity contribution in [3.8, 4) is 11.3 Å². The van der Waals surface area contributed by atoms with E-state index in [1.54, 1.807) is 0 Å². The van der Waals surface area contributed by atoms with Crippen molar-refractivity contribution in [2.75, 3.05) is 5.32 Å². The summed E-state index contributed by atoms with van der Waals surface area (Å²) in [6, 6.07) is 8.24. The largest absolute Gasteiger partial charge is 0.302 e. The molecule has 1 N–H and O–H groups in total. The molecule has 0 bridgehead atoms. The topological polar surface area (TPSA) is 42.0 Å². The molecule has 2 rings (SSSR count). The first kappa shape index (κ1) is 14.7. The second kappa shape index (κ2) is 6.66. The van der Waals surface area contributed by atoms with Gasteiger partial charge in [-0.15, -0.1) is 11.3 Å². The highest BCUT2D eigenvalue weighted by Gasteiger charge is 2.15. The summed E-state index contributed by atoms with van der Waals surface area (Å²) in [5, 5.41) is 5.57. The zero-order valence-electron chi connectivity index (χ0n) is 12.1. The van der Waals surface area contributed by atoms with Gasteiger partial charge in [-0.2, -0.15) is 0 Å². The Morgan fingerprint density at radius 2 is 1.90 bits per heavy atom. The van der Waals surface area contributed by atoms with Crippen LogP contribution in [-0.4, -0.2) is 10.9 Å². The van der Waals surface area contributed by atoms with Crippen LogP contribution in [0.5, 0.6) is 0 Å². The normalized spacial score (nSPS) is 10.8. The number of amides is 1. The summed E-state index contributed by atoms with van der Waals surface area (Å²) in [7, 11) is 0. The predicted octanol–water partition coefficient (Wildman–Crippen LogP) is 4.49. The van der Waals surface area contributed by atoms with Crippen LogP contribution in [0.1, 0.15) is 32.3 Å². The van der Waals surface area contributed by atoms with E-state index >= 15 is 0 Å². The van der Waals surface area contributed by atoms with Crippen LogP contribution in [0.2, 0.25) is 0 Å². The maximum atomic E-state index is 12.0. The highest BCUT2D eigenvalue weighted by atomic mass is 32.1. The van der Waals surface area contributed by atoms with Crippen LogP contribution in [-0.2, 0) is 4.79 Å². The molecule has 1 aromatic heterocycles. The minimum Gasteiger partial charge on any atom is -0.302 e. The number of aryl methyl sites for hydroxylation is 1. The molecule has 3 nitrogen and oxygen atoms in total. The molecule has 0 atom stereocenters. The summed E-state index contributed by atoms with van der Waals surface area (Å²) < 4.78 is 0. The standard InChI is InChI=1S/C16H20N2OS/c1-4-12(5-2)15(19)18-16-17-14(10-20-16)13-8-6-11(3)7-9-13/h6-10,12H,4-5H2,1-3H3,(H,17,18,19). The zero-order valence-corrected chi connectivity index (χ0v) is 13.0. The van der Waals surface area contributed by atoms with E-state index in [0.29, 0.717) is 5.13 Å².